The molecule has 0 bridgehead atoms. The monoisotopic (exact) mass is 421 g/mol. The van der Waals surface area contributed by atoms with E-state index in [1.807, 2.05) is 78.0 Å². The van der Waals surface area contributed by atoms with E-state index in [-0.39, 0.29) is 11.9 Å². The molecule has 0 spiro atoms. The summed E-state index contributed by atoms with van der Waals surface area (Å²) in [4.78, 5) is 31.5. The molecule has 2 unspecified atom stereocenters. The Morgan fingerprint density at radius 2 is 1.75 bits per heavy atom. The maximum atomic E-state index is 13.5. The Hall–Kier alpha value is -3.80. The summed E-state index contributed by atoms with van der Waals surface area (Å²) < 4.78 is 0. The highest BCUT2D eigenvalue weighted by Gasteiger charge is 2.44. The van der Waals surface area contributed by atoms with Gasteiger partial charge in [-0.25, -0.2) is 4.98 Å². The van der Waals surface area contributed by atoms with Crippen LogP contribution >= 0.6 is 0 Å². The third kappa shape index (κ3) is 3.19. The van der Waals surface area contributed by atoms with Crippen LogP contribution in [-0.4, -0.2) is 51.4 Å². The van der Waals surface area contributed by atoms with Gasteiger partial charge in [0.2, 0.25) is 0 Å². The number of fused-ring (bicyclic) bond motifs is 2. The maximum absolute atomic E-state index is 13.5. The average Bonchev–Trinajstić information content (AvgIpc) is 2.85. The number of nitrogens with zero attached hydrogens (tertiary/aromatic N) is 5. The number of likely N-dealkylation sites (tertiary alicyclic amines) is 1. The van der Waals surface area contributed by atoms with Crippen LogP contribution in [0.15, 0.2) is 79.3 Å². The van der Waals surface area contributed by atoms with Gasteiger partial charge in [0.15, 0.2) is 0 Å². The lowest BCUT2D eigenvalue weighted by atomic mass is 9.82. The number of hydrogen-bond donors (Lipinski definition) is 0. The Balaban J connectivity index is 1.25. The van der Waals surface area contributed by atoms with Crippen molar-refractivity contribution >= 4 is 22.8 Å². The molecule has 158 valence electrons. The molecule has 2 aliphatic rings. The Morgan fingerprint density at radius 1 is 0.906 bits per heavy atom. The zero-order chi connectivity index (χ0) is 21.5. The molecule has 4 heterocycles. The highest BCUT2D eigenvalue weighted by atomic mass is 16.2. The van der Waals surface area contributed by atoms with Crippen molar-refractivity contribution in [3.05, 3.63) is 84.8 Å². The summed E-state index contributed by atoms with van der Waals surface area (Å²) in [6.07, 6.45) is 6.43. The number of aromatic nitrogens is 3. The van der Waals surface area contributed by atoms with Gasteiger partial charge in [-0.1, -0.05) is 36.4 Å². The van der Waals surface area contributed by atoms with Gasteiger partial charge in [-0.3, -0.25) is 14.8 Å². The molecule has 2 aromatic carbocycles. The minimum absolute atomic E-state index is 0.0827. The quantitative estimate of drug-likeness (QED) is 0.500. The smallest absolute Gasteiger partial charge is 0.254 e. The first-order chi connectivity index (χ1) is 15.8. The molecule has 4 aromatic rings. The lowest BCUT2D eigenvalue weighted by molar-refractivity contribution is 0.0592. The molecule has 6 rings (SSSR count). The number of benzene rings is 2. The maximum Gasteiger partial charge on any atom is 0.254 e. The average molecular weight is 422 g/mol. The van der Waals surface area contributed by atoms with Crippen LogP contribution in [0.2, 0.25) is 0 Å². The lowest BCUT2D eigenvalue weighted by Crippen LogP contribution is -2.65. The normalized spacial score (nSPS) is 20.0. The summed E-state index contributed by atoms with van der Waals surface area (Å²) >= 11 is 0. The van der Waals surface area contributed by atoms with Crippen LogP contribution in [0.1, 0.15) is 16.8 Å². The SMILES string of the molecule is O=C(c1ccccc1-c1cccnc1)N1CCC2CN(c3cnc4ccccc4n3)C2C1. The third-order valence-electron chi connectivity index (χ3n) is 6.70. The molecular weight excluding hydrogens is 398 g/mol. The van der Waals surface area contributed by atoms with Crippen LogP contribution in [0.25, 0.3) is 22.2 Å². The molecule has 2 aromatic heterocycles. The Bertz CT molecular complexity index is 1290. The van der Waals surface area contributed by atoms with Crippen molar-refractivity contribution in [3.63, 3.8) is 0 Å². The highest BCUT2D eigenvalue weighted by Crippen LogP contribution is 2.36. The van der Waals surface area contributed by atoms with Gasteiger partial charge in [0.05, 0.1) is 23.3 Å². The standard InChI is InChI=1S/C26H23N5O/c32-26(21-8-2-1-7-20(21)18-6-5-12-27-14-18)30-13-11-19-16-31(24(19)17-30)25-15-28-22-9-3-4-10-23(22)29-25/h1-10,12,14-15,19,24H,11,13,16-17H2. The number of carbonyl (C=O) groups excluding carboxylic acids is 1. The van der Waals surface area contributed by atoms with Crippen LogP contribution in [-0.2, 0) is 0 Å². The molecule has 2 atom stereocenters. The minimum Gasteiger partial charge on any atom is -0.350 e. The van der Waals surface area contributed by atoms with Crippen LogP contribution in [0.5, 0.6) is 0 Å². The minimum atomic E-state index is 0.0827. The third-order valence-corrected chi connectivity index (χ3v) is 6.70. The van der Waals surface area contributed by atoms with Gasteiger partial charge < -0.3 is 9.80 Å². The van der Waals surface area contributed by atoms with Gasteiger partial charge in [0.25, 0.3) is 5.91 Å². The number of amides is 1. The molecule has 0 aliphatic carbocycles. The molecule has 0 radical (unpaired) electrons. The fraction of sp³-hybridized carbons (Fsp3) is 0.231. The lowest BCUT2D eigenvalue weighted by Gasteiger charge is -2.54. The Morgan fingerprint density at radius 3 is 2.62 bits per heavy atom. The molecule has 2 saturated heterocycles. The first-order valence-corrected chi connectivity index (χ1v) is 11.0. The summed E-state index contributed by atoms with van der Waals surface area (Å²) in [6, 6.07) is 19.9. The number of piperidine rings is 1. The second kappa shape index (κ2) is 7.71. The van der Waals surface area contributed by atoms with Gasteiger partial charge in [-0.2, -0.15) is 0 Å². The van der Waals surface area contributed by atoms with E-state index in [4.69, 9.17) is 4.98 Å². The van der Waals surface area contributed by atoms with Gasteiger partial charge in [0.1, 0.15) is 5.82 Å². The molecule has 1 amide bonds. The van der Waals surface area contributed by atoms with Crippen molar-refractivity contribution in [1.82, 2.24) is 19.9 Å². The van der Waals surface area contributed by atoms with Crippen LogP contribution < -0.4 is 4.90 Å². The summed E-state index contributed by atoms with van der Waals surface area (Å²) in [6.45, 7) is 2.48. The number of rotatable bonds is 3. The van der Waals surface area contributed by atoms with Crippen LogP contribution in [0, 0.1) is 5.92 Å². The molecule has 2 aliphatic heterocycles. The van der Waals surface area contributed by atoms with Crippen molar-refractivity contribution in [3.8, 4) is 11.1 Å². The van der Waals surface area contributed by atoms with Gasteiger partial charge in [-0.15, -0.1) is 0 Å². The van der Waals surface area contributed by atoms with E-state index >= 15 is 0 Å². The predicted molar refractivity (Wildman–Crippen MR) is 124 cm³/mol. The second-order valence-electron chi connectivity index (χ2n) is 8.52. The number of anilines is 1. The summed E-state index contributed by atoms with van der Waals surface area (Å²) in [5, 5.41) is 0. The first kappa shape index (κ1) is 18.9. The van der Waals surface area contributed by atoms with E-state index in [1.54, 1.807) is 6.20 Å². The van der Waals surface area contributed by atoms with Crippen LogP contribution in [0.4, 0.5) is 5.82 Å². The van der Waals surface area contributed by atoms with E-state index < -0.39 is 0 Å². The fourth-order valence-corrected chi connectivity index (χ4v) is 4.94. The zero-order valence-corrected chi connectivity index (χ0v) is 17.6. The predicted octanol–water partition coefficient (Wildman–Crippen LogP) is 4.04. The summed E-state index contributed by atoms with van der Waals surface area (Å²) in [7, 11) is 0. The fourth-order valence-electron chi connectivity index (χ4n) is 4.94. The Kier molecular flexibility index (Phi) is 4.56. The summed E-state index contributed by atoms with van der Waals surface area (Å²) in [5.74, 6) is 1.58. The molecule has 0 N–H and O–H groups in total. The van der Waals surface area contributed by atoms with E-state index in [2.05, 4.69) is 14.9 Å². The largest absolute Gasteiger partial charge is 0.350 e. The van der Waals surface area contributed by atoms with Crippen molar-refractivity contribution in [2.24, 2.45) is 5.92 Å². The Labute approximate surface area is 186 Å². The topological polar surface area (TPSA) is 62.2 Å². The van der Waals surface area contributed by atoms with Gasteiger partial charge in [0, 0.05) is 49.1 Å². The first-order valence-electron chi connectivity index (χ1n) is 11.0. The van der Waals surface area contributed by atoms with Crippen molar-refractivity contribution in [2.75, 3.05) is 24.5 Å². The van der Waals surface area contributed by atoms with Crippen molar-refractivity contribution in [2.45, 2.75) is 12.5 Å². The summed E-state index contributed by atoms with van der Waals surface area (Å²) in [5.41, 5.74) is 4.43. The number of hydrogen-bond acceptors (Lipinski definition) is 5. The van der Waals surface area contributed by atoms with E-state index in [9.17, 15) is 4.79 Å². The highest BCUT2D eigenvalue weighted by molar-refractivity contribution is 6.01. The number of pyridine rings is 1. The molecule has 0 saturated carbocycles. The number of para-hydroxylation sites is 2. The van der Waals surface area contributed by atoms with Crippen molar-refractivity contribution < 1.29 is 4.79 Å². The van der Waals surface area contributed by atoms with E-state index in [0.717, 1.165) is 53.1 Å². The van der Waals surface area contributed by atoms with Crippen molar-refractivity contribution in [1.29, 1.82) is 0 Å². The second-order valence-corrected chi connectivity index (χ2v) is 8.52. The molecule has 32 heavy (non-hydrogen) atoms. The van der Waals surface area contributed by atoms with E-state index in [1.165, 1.54) is 0 Å². The van der Waals surface area contributed by atoms with Crippen LogP contribution in [0.3, 0.4) is 0 Å². The van der Waals surface area contributed by atoms with E-state index in [0.29, 0.717) is 12.5 Å². The zero-order valence-electron chi connectivity index (χ0n) is 17.6. The molecule has 2 fully saturated rings. The molecular formula is C26H23N5O. The number of carbonyl (C=O) groups is 1. The van der Waals surface area contributed by atoms with Gasteiger partial charge in [-0.05, 0) is 36.2 Å². The van der Waals surface area contributed by atoms with Gasteiger partial charge >= 0.3 is 0 Å². The molecule has 6 nitrogen and oxygen atoms in total. The molecule has 6 heteroatoms.